The normalized spacial score (nSPS) is 14.9. The summed E-state index contributed by atoms with van der Waals surface area (Å²) in [7, 11) is 0. The van der Waals surface area contributed by atoms with Gasteiger partial charge < -0.3 is 5.32 Å². The van der Waals surface area contributed by atoms with E-state index in [1.807, 2.05) is 42.7 Å². The van der Waals surface area contributed by atoms with Crippen LogP contribution in [0.5, 0.6) is 0 Å². The fourth-order valence-corrected chi connectivity index (χ4v) is 4.12. The van der Waals surface area contributed by atoms with Gasteiger partial charge >= 0.3 is 0 Å². The van der Waals surface area contributed by atoms with Crippen molar-refractivity contribution in [2.24, 2.45) is 5.92 Å². The van der Waals surface area contributed by atoms with Gasteiger partial charge in [0, 0.05) is 42.5 Å². The van der Waals surface area contributed by atoms with Crippen LogP contribution < -0.4 is 5.32 Å². The van der Waals surface area contributed by atoms with Crippen LogP contribution >= 0.6 is 0 Å². The second-order valence-electron chi connectivity index (χ2n) is 8.39. The van der Waals surface area contributed by atoms with E-state index in [0.29, 0.717) is 0 Å². The maximum atomic E-state index is 13.5. The first kappa shape index (κ1) is 22.1. The number of benzene rings is 2. The van der Waals surface area contributed by atoms with Gasteiger partial charge in [0.05, 0.1) is 0 Å². The number of hydrogen-bond acceptors (Lipinski definition) is 4. The maximum Gasteiger partial charge on any atom is 0.227 e. The van der Waals surface area contributed by atoms with Gasteiger partial charge in [0.15, 0.2) is 0 Å². The number of rotatable bonds is 7. The van der Waals surface area contributed by atoms with Gasteiger partial charge in [-0.25, -0.2) is 14.4 Å². The van der Waals surface area contributed by atoms with E-state index in [2.05, 4.69) is 27.1 Å². The van der Waals surface area contributed by atoms with Crippen molar-refractivity contribution >= 4 is 11.6 Å². The fraction of sp³-hybridized carbons (Fsp3) is 0.346. The van der Waals surface area contributed by atoms with Crippen molar-refractivity contribution in [1.82, 2.24) is 14.9 Å². The zero-order chi connectivity index (χ0) is 22.3. The van der Waals surface area contributed by atoms with Crippen molar-refractivity contribution in [3.63, 3.8) is 0 Å². The Balaban J connectivity index is 1.30. The number of halogens is 1. The van der Waals surface area contributed by atoms with E-state index in [9.17, 15) is 9.18 Å². The first-order valence-electron chi connectivity index (χ1n) is 11.3. The monoisotopic (exact) mass is 432 g/mol. The van der Waals surface area contributed by atoms with Crippen molar-refractivity contribution in [3.8, 4) is 11.1 Å². The van der Waals surface area contributed by atoms with Gasteiger partial charge in [-0.2, -0.15) is 0 Å². The van der Waals surface area contributed by atoms with Crippen molar-refractivity contribution < 1.29 is 9.18 Å². The molecule has 166 valence electrons. The molecule has 3 aromatic rings. The minimum atomic E-state index is -0.271. The van der Waals surface area contributed by atoms with Crippen molar-refractivity contribution in [3.05, 3.63) is 78.1 Å². The molecule has 0 aliphatic carbocycles. The molecule has 6 heteroatoms. The summed E-state index contributed by atoms with van der Waals surface area (Å²) in [4.78, 5) is 24.0. The molecule has 1 amide bonds. The van der Waals surface area contributed by atoms with Crippen LogP contribution in [0.1, 0.15) is 37.6 Å². The Morgan fingerprint density at radius 3 is 2.44 bits per heavy atom. The summed E-state index contributed by atoms with van der Waals surface area (Å²) in [6.07, 6.45) is 7.44. The quantitative estimate of drug-likeness (QED) is 0.565. The summed E-state index contributed by atoms with van der Waals surface area (Å²) in [6.45, 7) is 4.69. The lowest BCUT2D eigenvalue weighted by atomic mass is 9.95. The molecule has 5 nitrogen and oxygen atoms in total. The van der Waals surface area contributed by atoms with Crippen LogP contribution in [0.3, 0.4) is 0 Å². The summed E-state index contributed by atoms with van der Waals surface area (Å²) >= 11 is 0. The van der Waals surface area contributed by atoms with Gasteiger partial charge in [-0.05, 0) is 67.7 Å². The second-order valence-corrected chi connectivity index (χ2v) is 8.39. The number of nitrogens with zero attached hydrogens (tertiary/aromatic N) is 3. The SMILES string of the molecule is CCCc1ncc(CN2CCC(C(=O)Nc3cccc(-c4cccc(F)c4)c3)CC2)cn1. The molecule has 1 aliphatic heterocycles. The summed E-state index contributed by atoms with van der Waals surface area (Å²) in [6, 6.07) is 14.0. The Labute approximate surface area is 188 Å². The predicted molar refractivity (Wildman–Crippen MR) is 124 cm³/mol. The number of anilines is 1. The van der Waals surface area contributed by atoms with E-state index in [4.69, 9.17) is 0 Å². The van der Waals surface area contributed by atoms with Gasteiger partial charge in [0.25, 0.3) is 0 Å². The topological polar surface area (TPSA) is 58.1 Å². The third kappa shape index (κ3) is 5.77. The number of carbonyl (C=O) groups is 1. The smallest absolute Gasteiger partial charge is 0.227 e. The van der Waals surface area contributed by atoms with E-state index >= 15 is 0 Å². The Kier molecular flexibility index (Phi) is 7.22. The summed E-state index contributed by atoms with van der Waals surface area (Å²) in [5.41, 5.74) is 3.52. The van der Waals surface area contributed by atoms with Crippen molar-refractivity contribution in [2.45, 2.75) is 39.2 Å². The van der Waals surface area contributed by atoms with Crippen LogP contribution in [0.15, 0.2) is 60.9 Å². The van der Waals surface area contributed by atoms with Crippen LogP contribution in [0, 0.1) is 11.7 Å². The highest BCUT2D eigenvalue weighted by Crippen LogP contribution is 2.25. The molecule has 0 bridgehead atoms. The number of hydrogen-bond donors (Lipinski definition) is 1. The number of likely N-dealkylation sites (tertiary alicyclic amines) is 1. The molecule has 32 heavy (non-hydrogen) atoms. The zero-order valence-electron chi connectivity index (χ0n) is 18.4. The number of carbonyl (C=O) groups excluding carboxylic acids is 1. The molecule has 0 unspecified atom stereocenters. The van der Waals surface area contributed by atoms with Crippen LogP contribution in [-0.2, 0) is 17.8 Å². The number of piperidine rings is 1. The molecule has 0 spiro atoms. The number of aryl methyl sites for hydroxylation is 1. The van der Waals surface area contributed by atoms with Gasteiger partial charge in [0.2, 0.25) is 5.91 Å². The van der Waals surface area contributed by atoms with E-state index < -0.39 is 0 Å². The minimum absolute atomic E-state index is 0.00717. The van der Waals surface area contributed by atoms with E-state index in [1.54, 1.807) is 6.07 Å². The largest absolute Gasteiger partial charge is 0.326 e. The van der Waals surface area contributed by atoms with E-state index in [0.717, 1.165) is 73.5 Å². The van der Waals surface area contributed by atoms with Crippen molar-refractivity contribution in [2.75, 3.05) is 18.4 Å². The maximum absolute atomic E-state index is 13.5. The van der Waals surface area contributed by atoms with Gasteiger partial charge in [-0.3, -0.25) is 9.69 Å². The summed E-state index contributed by atoms with van der Waals surface area (Å²) < 4.78 is 13.5. The Morgan fingerprint density at radius 1 is 1.06 bits per heavy atom. The highest BCUT2D eigenvalue weighted by Gasteiger charge is 2.25. The van der Waals surface area contributed by atoms with Crippen LogP contribution in [0.2, 0.25) is 0 Å². The average molecular weight is 433 g/mol. The molecule has 1 saturated heterocycles. The molecule has 0 radical (unpaired) electrons. The lowest BCUT2D eigenvalue weighted by molar-refractivity contribution is -0.121. The minimum Gasteiger partial charge on any atom is -0.326 e. The number of amides is 1. The lowest BCUT2D eigenvalue weighted by Crippen LogP contribution is -2.37. The van der Waals surface area contributed by atoms with Gasteiger partial charge in [-0.15, -0.1) is 0 Å². The van der Waals surface area contributed by atoms with Gasteiger partial charge in [0.1, 0.15) is 11.6 Å². The first-order valence-corrected chi connectivity index (χ1v) is 11.3. The average Bonchev–Trinajstić information content (AvgIpc) is 2.81. The molecular weight excluding hydrogens is 403 g/mol. The summed E-state index contributed by atoms with van der Waals surface area (Å²) in [5, 5.41) is 3.05. The molecular formula is C26H29FN4O. The molecule has 1 aromatic heterocycles. The fourth-order valence-electron chi connectivity index (χ4n) is 4.12. The molecule has 1 N–H and O–H groups in total. The molecule has 1 aliphatic rings. The Hall–Kier alpha value is -3.12. The second kappa shape index (κ2) is 10.5. The summed E-state index contributed by atoms with van der Waals surface area (Å²) in [5.74, 6) is 0.667. The molecule has 2 heterocycles. The Morgan fingerprint density at radius 2 is 1.75 bits per heavy atom. The number of nitrogens with one attached hydrogen (secondary N) is 1. The third-order valence-corrected chi connectivity index (χ3v) is 5.89. The highest BCUT2D eigenvalue weighted by atomic mass is 19.1. The molecule has 4 rings (SSSR count). The molecule has 1 fully saturated rings. The standard InChI is InChI=1S/C26H29FN4O/c1-2-5-25-28-16-19(17-29-25)18-31-12-10-20(11-13-31)26(32)30-24-9-4-7-22(15-24)21-6-3-8-23(27)14-21/h3-4,6-9,14-17,20H,2,5,10-13,18H2,1H3,(H,30,32). The van der Waals surface area contributed by atoms with Crippen molar-refractivity contribution in [1.29, 1.82) is 0 Å². The lowest BCUT2D eigenvalue weighted by Gasteiger charge is -2.31. The molecule has 0 saturated carbocycles. The van der Waals surface area contributed by atoms with E-state index in [1.165, 1.54) is 12.1 Å². The van der Waals surface area contributed by atoms with Gasteiger partial charge in [-0.1, -0.05) is 31.2 Å². The van der Waals surface area contributed by atoms with Crippen LogP contribution in [-0.4, -0.2) is 33.9 Å². The number of aromatic nitrogens is 2. The zero-order valence-corrected chi connectivity index (χ0v) is 18.4. The third-order valence-electron chi connectivity index (χ3n) is 5.89. The molecule has 0 atom stereocenters. The first-order chi connectivity index (χ1) is 15.6. The van der Waals surface area contributed by atoms with E-state index in [-0.39, 0.29) is 17.6 Å². The van der Waals surface area contributed by atoms with Crippen LogP contribution in [0.25, 0.3) is 11.1 Å². The Bertz CT molecular complexity index is 1050. The highest BCUT2D eigenvalue weighted by molar-refractivity contribution is 5.93. The molecule has 2 aromatic carbocycles. The predicted octanol–water partition coefficient (Wildman–Crippen LogP) is 5.09. The van der Waals surface area contributed by atoms with Crippen LogP contribution in [0.4, 0.5) is 10.1 Å².